The van der Waals surface area contributed by atoms with E-state index in [1.165, 1.54) is 0 Å². The van der Waals surface area contributed by atoms with Crippen molar-refractivity contribution in [2.75, 3.05) is 20.2 Å². The predicted octanol–water partition coefficient (Wildman–Crippen LogP) is 3.20. The third-order valence-corrected chi connectivity index (χ3v) is 5.03. The second-order valence-electron chi connectivity index (χ2n) is 6.90. The van der Waals surface area contributed by atoms with Gasteiger partial charge in [0.2, 0.25) is 0 Å². The van der Waals surface area contributed by atoms with Gasteiger partial charge in [0.25, 0.3) is 0 Å². The second-order valence-corrected chi connectivity index (χ2v) is 6.90. The molecule has 2 aromatic carbocycles. The molecule has 5 nitrogen and oxygen atoms in total. The summed E-state index contributed by atoms with van der Waals surface area (Å²) in [5.41, 5.74) is 0.281. The fourth-order valence-corrected chi connectivity index (χ4v) is 3.50. The summed E-state index contributed by atoms with van der Waals surface area (Å²) in [5, 5.41) is 20.6. The van der Waals surface area contributed by atoms with E-state index in [-0.39, 0.29) is 12.0 Å². The lowest BCUT2D eigenvalue weighted by Crippen LogP contribution is -2.53. The van der Waals surface area contributed by atoms with E-state index < -0.39 is 5.60 Å². The highest BCUT2D eigenvalue weighted by Crippen LogP contribution is 2.32. The maximum absolute atomic E-state index is 11.2. The Morgan fingerprint density at radius 2 is 1.73 bits per heavy atom. The van der Waals surface area contributed by atoms with Crippen molar-refractivity contribution in [3.63, 3.8) is 0 Å². The zero-order valence-electron chi connectivity index (χ0n) is 15.4. The number of benzene rings is 2. The largest absolute Gasteiger partial charge is 0.508 e. The van der Waals surface area contributed by atoms with Gasteiger partial charge in [0.05, 0.1) is 12.7 Å². The minimum Gasteiger partial charge on any atom is -0.508 e. The van der Waals surface area contributed by atoms with Crippen LogP contribution in [0.2, 0.25) is 0 Å². The molecule has 1 heterocycles. The van der Waals surface area contributed by atoms with Crippen molar-refractivity contribution in [1.82, 2.24) is 4.90 Å². The molecule has 0 amide bonds. The molecule has 5 heteroatoms. The molecule has 1 aliphatic heterocycles. The Kier molecular flexibility index (Phi) is 5.69. The summed E-state index contributed by atoms with van der Waals surface area (Å²) in [6.07, 6.45) is 1.64. The Bertz CT molecular complexity index is 701. The average molecular weight is 357 g/mol. The van der Waals surface area contributed by atoms with Crippen molar-refractivity contribution in [2.24, 2.45) is 0 Å². The van der Waals surface area contributed by atoms with Gasteiger partial charge in [0.1, 0.15) is 17.2 Å². The van der Waals surface area contributed by atoms with Crippen LogP contribution in [-0.4, -0.2) is 47.1 Å². The number of phenols is 1. The number of aromatic hydroxyl groups is 1. The van der Waals surface area contributed by atoms with Crippen molar-refractivity contribution in [3.8, 4) is 17.2 Å². The smallest absolute Gasteiger partial charge is 0.155 e. The number of rotatable bonds is 6. The summed E-state index contributed by atoms with van der Waals surface area (Å²) in [5.74, 6) is 1.72. The highest BCUT2D eigenvalue weighted by molar-refractivity contribution is 5.30. The van der Waals surface area contributed by atoms with Gasteiger partial charge in [-0.05, 0) is 54.9 Å². The van der Waals surface area contributed by atoms with Gasteiger partial charge < -0.3 is 19.7 Å². The minimum absolute atomic E-state index is 0.193. The van der Waals surface area contributed by atoms with Crippen LogP contribution in [0.4, 0.5) is 0 Å². The Hall–Kier alpha value is -2.24. The van der Waals surface area contributed by atoms with Crippen LogP contribution >= 0.6 is 0 Å². The molecule has 26 heavy (non-hydrogen) atoms. The molecule has 2 N–H and O–H groups in total. The first-order valence-corrected chi connectivity index (χ1v) is 9.06. The SMILES string of the molecule is CCN1CCC(O)(Cc2ccc(OC)cc2)CC1Oc1ccc(O)cc1. The van der Waals surface area contributed by atoms with Crippen LogP contribution in [0.25, 0.3) is 0 Å². The molecule has 0 radical (unpaired) electrons. The first-order chi connectivity index (χ1) is 12.5. The van der Waals surface area contributed by atoms with Crippen molar-refractivity contribution in [3.05, 3.63) is 54.1 Å². The zero-order chi connectivity index (χ0) is 18.6. The topological polar surface area (TPSA) is 62.2 Å². The summed E-state index contributed by atoms with van der Waals surface area (Å²) < 4.78 is 11.3. The van der Waals surface area contributed by atoms with E-state index in [2.05, 4.69) is 11.8 Å². The molecule has 2 aromatic rings. The molecular weight excluding hydrogens is 330 g/mol. The van der Waals surface area contributed by atoms with E-state index in [1.807, 2.05) is 24.3 Å². The van der Waals surface area contributed by atoms with Gasteiger partial charge in [-0.25, -0.2) is 0 Å². The number of aliphatic hydroxyl groups is 1. The van der Waals surface area contributed by atoms with Crippen LogP contribution in [-0.2, 0) is 6.42 Å². The van der Waals surface area contributed by atoms with E-state index >= 15 is 0 Å². The standard InChI is InChI=1S/C21H27NO4/c1-3-22-13-12-21(24,14-16-4-8-18(25-2)9-5-16)15-20(22)26-19-10-6-17(23)7-11-19/h4-11,20,23-24H,3,12-15H2,1-2H3. The van der Waals surface area contributed by atoms with Gasteiger partial charge in [-0.3, -0.25) is 4.90 Å². The van der Waals surface area contributed by atoms with Crippen molar-refractivity contribution in [1.29, 1.82) is 0 Å². The molecule has 1 aliphatic rings. The normalized spacial score (nSPS) is 23.6. The molecule has 1 saturated heterocycles. The van der Waals surface area contributed by atoms with Crippen LogP contribution in [0.15, 0.2) is 48.5 Å². The fourth-order valence-electron chi connectivity index (χ4n) is 3.50. The number of nitrogens with zero attached hydrogens (tertiary/aromatic N) is 1. The fraction of sp³-hybridized carbons (Fsp3) is 0.429. The van der Waals surface area contributed by atoms with Crippen molar-refractivity contribution < 1.29 is 19.7 Å². The monoisotopic (exact) mass is 357 g/mol. The maximum Gasteiger partial charge on any atom is 0.155 e. The van der Waals surface area contributed by atoms with Crippen LogP contribution in [0.5, 0.6) is 17.2 Å². The molecule has 0 saturated carbocycles. The van der Waals surface area contributed by atoms with Crippen LogP contribution in [0, 0.1) is 0 Å². The van der Waals surface area contributed by atoms with E-state index in [0.29, 0.717) is 25.0 Å². The van der Waals surface area contributed by atoms with Crippen LogP contribution in [0.3, 0.4) is 0 Å². The Labute approximate surface area is 154 Å². The van der Waals surface area contributed by atoms with Gasteiger partial charge in [0.15, 0.2) is 6.23 Å². The van der Waals surface area contributed by atoms with Crippen LogP contribution in [0.1, 0.15) is 25.3 Å². The highest BCUT2D eigenvalue weighted by Gasteiger charge is 2.39. The molecule has 0 aliphatic carbocycles. The molecule has 3 rings (SSSR count). The molecule has 0 aromatic heterocycles. The van der Waals surface area contributed by atoms with E-state index in [4.69, 9.17) is 9.47 Å². The van der Waals surface area contributed by atoms with Crippen molar-refractivity contribution in [2.45, 2.75) is 38.0 Å². The molecule has 2 unspecified atom stereocenters. The third-order valence-electron chi connectivity index (χ3n) is 5.03. The number of likely N-dealkylation sites (tertiary alicyclic amines) is 1. The van der Waals surface area contributed by atoms with E-state index in [9.17, 15) is 10.2 Å². The molecule has 0 bridgehead atoms. The second kappa shape index (κ2) is 7.98. The quantitative estimate of drug-likeness (QED) is 0.831. The molecule has 0 spiro atoms. The van der Waals surface area contributed by atoms with Gasteiger partial charge in [0, 0.05) is 19.4 Å². The van der Waals surface area contributed by atoms with Gasteiger partial charge in [-0.15, -0.1) is 0 Å². The molecule has 2 atom stereocenters. The number of hydrogen-bond donors (Lipinski definition) is 2. The lowest BCUT2D eigenvalue weighted by Gasteiger charge is -2.43. The highest BCUT2D eigenvalue weighted by atomic mass is 16.5. The first kappa shape index (κ1) is 18.5. The molecule has 140 valence electrons. The number of ether oxygens (including phenoxy) is 2. The predicted molar refractivity (Wildman–Crippen MR) is 101 cm³/mol. The summed E-state index contributed by atoms with van der Waals surface area (Å²) >= 11 is 0. The Morgan fingerprint density at radius 3 is 2.35 bits per heavy atom. The Morgan fingerprint density at radius 1 is 1.08 bits per heavy atom. The Balaban J connectivity index is 1.70. The lowest BCUT2D eigenvalue weighted by atomic mass is 9.84. The third kappa shape index (κ3) is 4.48. The molecule has 1 fully saturated rings. The summed E-state index contributed by atoms with van der Waals surface area (Å²) in [4.78, 5) is 2.23. The van der Waals surface area contributed by atoms with Gasteiger partial charge in [-0.1, -0.05) is 19.1 Å². The first-order valence-electron chi connectivity index (χ1n) is 9.06. The number of phenolic OH excluding ortho intramolecular Hbond substituents is 1. The average Bonchev–Trinajstić information content (AvgIpc) is 2.64. The summed E-state index contributed by atoms with van der Waals surface area (Å²) in [6.45, 7) is 3.74. The van der Waals surface area contributed by atoms with E-state index in [1.54, 1.807) is 31.4 Å². The molecular formula is C21H27NO4. The summed E-state index contributed by atoms with van der Waals surface area (Å²) in [7, 11) is 1.65. The number of piperidine rings is 1. The van der Waals surface area contributed by atoms with Crippen LogP contribution < -0.4 is 9.47 Å². The van der Waals surface area contributed by atoms with Gasteiger partial charge in [-0.2, -0.15) is 0 Å². The number of methoxy groups -OCH3 is 1. The van der Waals surface area contributed by atoms with Gasteiger partial charge >= 0.3 is 0 Å². The van der Waals surface area contributed by atoms with E-state index in [0.717, 1.165) is 24.4 Å². The summed E-state index contributed by atoms with van der Waals surface area (Å²) in [6, 6.07) is 14.6. The number of hydrogen-bond acceptors (Lipinski definition) is 5. The zero-order valence-corrected chi connectivity index (χ0v) is 15.4. The van der Waals surface area contributed by atoms with Crippen molar-refractivity contribution >= 4 is 0 Å². The minimum atomic E-state index is -0.804. The maximum atomic E-state index is 11.2. The lowest BCUT2D eigenvalue weighted by molar-refractivity contribution is -0.103.